The molecule has 7 nitrogen and oxygen atoms in total. The normalized spacial score (nSPS) is 14.5. The number of carbonyl (C=O) groups is 1. The van der Waals surface area contributed by atoms with Crippen molar-refractivity contribution < 1.29 is 13.9 Å². The molecule has 2 heterocycles. The number of oxazole rings is 1. The first-order valence-electron chi connectivity index (χ1n) is 10.6. The lowest BCUT2D eigenvalue weighted by atomic mass is 10.2. The standard InChI is InChI=1S/C24H28N4O3/c1-3-30-21-11-9-20(10-12-21)25-24(29)28-15-13-27(14-16-28)17-22-18(2)31-23(26-22)19-7-5-4-6-8-19/h4-12H,3,13-17H2,1-2H3,(H,25,29). The van der Waals surface area contributed by atoms with Crippen LogP contribution in [0.2, 0.25) is 0 Å². The fraction of sp³-hybridized carbons (Fsp3) is 0.333. The van der Waals surface area contributed by atoms with Gasteiger partial charge in [-0.1, -0.05) is 18.2 Å². The van der Waals surface area contributed by atoms with Gasteiger partial charge in [0.1, 0.15) is 11.5 Å². The molecule has 2 amide bonds. The maximum atomic E-state index is 12.6. The lowest BCUT2D eigenvalue weighted by molar-refractivity contribution is 0.141. The number of urea groups is 1. The maximum absolute atomic E-state index is 12.6. The molecule has 0 atom stereocenters. The topological polar surface area (TPSA) is 70.8 Å². The van der Waals surface area contributed by atoms with Crippen molar-refractivity contribution in [1.29, 1.82) is 0 Å². The third kappa shape index (κ3) is 5.24. The van der Waals surface area contributed by atoms with Crippen molar-refractivity contribution >= 4 is 11.7 Å². The van der Waals surface area contributed by atoms with Gasteiger partial charge in [-0.25, -0.2) is 9.78 Å². The fourth-order valence-corrected chi connectivity index (χ4v) is 3.60. The number of benzene rings is 2. The molecule has 0 aliphatic carbocycles. The molecule has 1 N–H and O–H groups in total. The van der Waals surface area contributed by atoms with Crippen LogP contribution in [0, 0.1) is 6.92 Å². The predicted octanol–water partition coefficient (Wildman–Crippen LogP) is 4.40. The van der Waals surface area contributed by atoms with Gasteiger partial charge in [-0.2, -0.15) is 0 Å². The number of aromatic nitrogens is 1. The van der Waals surface area contributed by atoms with Gasteiger partial charge in [0.15, 0.2) is 0 Å². The molecule has 162 valence electrons. The van der Waals surface area contributed by atoms with Crippen LogP contribution < -0.4 is 10.1 Å². The second-order valence-electron chi connectivity index (χ2n) is 7.54. The monoisotopic (exact) mass is 420 g/mol. The molecule has 0 spiro atoms. The van der Waals surface area contributed by atoms with Crippen LogP contribution >= 0.6 is 0 Å². The summed E-state index contributed by atoms with van der Waals surface area (Å²) in [7, 11) is 0. The Morgan fingerprint density at radius 3 is 2.45 bits per heavy atom. The number of ether oxygens (including phenoxy) is 1. The zero-order valence-corrected chi connectivity index (χ0v) is 18.0. The number of hydrogen-bond acceptors (Lipinski definition) is 5. The van der Waals surface area contributed by atoms with Crippen molar-refractivity contribution in [2.24, 2.45) is 0 Å². The Bertz CT molecular complexity index is 993. The predicted molar refractivity (Wildman–Crippen MR) is 120 cm³/mol. The third-order valence-electron chi connectivity index (χ3n) is 5.36. The van der Waals surface area contributed by atoms with Crippen molar-refractivity contribution in [3.8, 4) is 17.2 Å². The number of amides is 2. The highest BCUT2D eigenvalue weighted by atomic mass is 16.5. The summed E-state index contributed by atoms with van der Waals surface area (Å²) in [4.78, 5) is 21.4. The zero-order chi connectivity index (χ0) is 21.6. The second-order valence-corrected chi connectivity index (χ2v) is 7.54. The first kappa shape index (κ1) is 20.9. The molecule has 0 bridgehead atoms. The van der Waals surface area contributed by atoms with Crippen LogP contribution in [0.15, 0.2) is 59.0 Å². The average molecular weight is 421 g/mol. The minimum atomic E-state index is -0.0761. The maximum Gasteiger partial charge on any atom is 0.321 e. The molecular weight excluding hydrogens is 392 g/mol. The molecule has 4 rings (SSSR count). The summed E-state index contributed by atoms with van der Waals surface area (Å²) >= 11 is 0. The second kappa shape index (κ2) is 9.66. The van der Waals surface area contributed by atoms with E-state index in [0.29, 0.717) is 25.6 Å². The van der Waals surface area contributed by atoms with Crippen molar-refractivity contribution in [2.45, 2.75) is 20.4 Å². The molecule has 3 aromatic rings. The summed E-state index contributed by atoms with van der Waals surface area (Å²) < 4.78 is 11.3. The Balaban J connectivity index is 1.29. The van der Waals surface area contributed by atoms with Gasteiger partial charge >= 0.3 is 6.03 Å². The van der Waals surface area contributed by atoms with E-state index in [0.717, 1.165) is 48.1 Å². The molecule has 31 heavy (non-hydrogen) atoms. The van der Waals surface area contributed by atoms with Gasteiger partial charge in [0.25, 0.3) is 0 Å². The minimum absolute atomic E-state index is 0.0761. The van der Waals surface area contributed by atoms with E-state index in [1.54, 1.807) is 0 Å². The number of rotatable bonds is 6. The zero-order valence-electron chi connectivity index (χ0n) is 18.0. The number of anilines is 1. The Kier molecular flexibility index (Phi) is 6.52. The molecular formula is C24H28N4O3. The van der Waals surface area contributed by atoms with Crippen LogP contribution in [0.5, 0.6) is 5.75 Å². The highest BCUT2D eigenvalue weighted by Gasteiger charge is 2.23. The molecule has 7 heteroatoms. The highest BCUT2D eigenvalue weighted by Crippen LogP contribution is 2.23. The molecule has 0 saturated carbocycles. The number of piperazine rings is 1. The summed E-state index contributed by atoms with van der Waals surface area (Å²) in [5, 5.41) is 2.96. The van der Waals surface area contributed by atoms with E-state index < -0.39 is 0 Å². The largest absolute Gasteiger partial charge is 0.494 e. The lowest BCUT2D eigenvalue weighted by Gasteiger charge is -2.34. The molecule has 0 radical (unpaired) electrons. The SMILES string of the molecule is CCOc1ccc(NC(=O)N2CCN(Cc3nc(-c4ccccc4)oc3C)CC2)cc1. The molecule has 1 saturated heterocycles. The van der Waals surface area contributed by atoms with E-state index in [-0.39, 0.29) is 6.03 Å². The summed E-state index contributed by atoms with van der Waals surface area (Å²) in [6.07, 6.45) is 0. The first-order chi connectivity index (χ1) is 15.1. The smallest absolute Gasteiger partial charge is 0.321 e. The fourth-order valence-electron chi connectivity index (χ4n) is 3.60. The van der Waals surface area contributed by atoms with Crippen molar-refractivity contribution in [1.82, 2.24) is 14.8 Å². The molecule has 2 aromatic carbocycles. The summed E-state index contributed by atoms with van der Waals surface area (Å²) in [5.41, 5.74) is 2.70. The number of nitrogens with one attached hydrogen (secondary N) is 1. The van der Waals surface area contributed by atoms with Crippen molar-refractivity contribution in [3.05, 3.63) is 66.1 Å². The average Bonchev–Trinajstić information content (AvgIpc) is 3.16. The molecule has 1 aromatic heterocycles. The van der Waals surface area contributed by atoms with Gasteiger partial charge in [-0.15, -0.1) is 0 Å². The van der Waals surface area contributed by atoms with E-state index in [9.17, 15) is 4.79 Å². The quantitative estimate of drug-likeness (QED) is 0.640. The number of aryl methyl sites for hydroxylation is 1. The van der Waals surface area contributed by atoms with Crippen molar-refractivity contribution in [3.63, 3.8) is 0 Å². The van der Waals surface area contributed by atoms with Gasteiger partial charge in [0.2, 0.25) is 5.89 Å². The highest BCUT2D eigenvalue weighted by molar-refractivity contribution is 5.89. The first-order valence-corrected chi connectivity index (χ1v) is 10.6. The molecule has 1 fully saturated rings. The Morgan fingerprint density at radius 2 is 1.77 bits per heavy atom. The van der Waals surface area contributed by atoms with Crippen LogP contribution in [0.1, 0.15) is 18.4 Å². The van der Waals surface area contributed by atoms with E-state index in [4.69, 9.17) is 14.1 Å². The number of hydrogen-bond donors (Lipinski definition) is 1. The third-order valence-corrected chi connectivity index (χ3v) is 5.36. The van der Waals surface area contributed by atoms with Gasteiger partial charge in [-0.05, 0) is 50.2 Å². The van der Waals surface area contributed by atoms with Crippen LogP contribution in [0.3, 0.4) is 0 Å². The summed E-state index contributed by atoms with van der Waals surface area (Å²) in [6, 6.07) is 17.3. The summed E-state index contributed by atoms with van der Waals surface area (Å²) in [6.45, 7) is 8.18. The Morgan fingerprint density at radius 1 is 1.06 bits per heavy atom. The van der Waals surface area contributed by atoms with Gasteiger partial charge < -0.3 is 19.4 Å². The van der Waals surface area contributed by atoms with Crippen molar-refractivity contribution in [2.75, 3.05) is 38.1 Å². The lowest BCUT2D eigenvalue weighted by Crippen LogP contribution is -2.49. The Hall–Kier alpha value is -3.32. The van der Waals surface area contributed by atoms with E-state index in [1.165, 1.54) is 0 Å². The molecule has 0 unspecified atom stereocenters. The van der Waals surface area contributed by atoms with Gasteiger partial charge in [0.05, 0.1) is 12.3 Å². The van der Waals surface area contributed by atoms with Gasteiger partial charge in [-0.3, -0.25) is 4.90 Å². The Labute approximate surface area is 182 Å². The van der Waals surface area contributed by atoms with Crippen LogP contribution in [-0.4, -0.2) is 53.6 Å². The molecule has 1 aliphatic heterocycles. The number of carbonyl (C=O) groups excluding carboxylic acids is 1. The minimum Gasteiger partial charge on any atom is -0.494 e. The van der Waals surface area contributed by atoms with Crippen LogP contribution in [0.25, 0.3) is 11.5 Å². The van der Waals surface area contributed by atoms with Crippen LogP contribution in [0.4, 0.5) is 10.5 Å². The number of nitrogens with zero attached hydrogens (tertiary/aromatic N) is 3. The van der Waals surface area contributed by atoms with E-state index in [2.05, 4.69) is 10.2 Å². The van der Waals surface area contributed by atoms with Gasteiger partial charge in [0, 0.05) is 44.0 Å². The summed E-state index contributed by atoms with van der Waals surface area (Å²) in [5.74, 6) is 2.30. The van der Waals surface area contributed by atoms with Crippen LogP contribution in [-0.2, 0) is 6.54 Å². The van der Waals surface area contributed by atoms with E-state index >= 15 is 0 Å². The van der Waals surface area contributed by atoms with E-state index in [1.807, 2.05) is 73.3 Å². The molecule has 1 aliphatic rings.